The molecule has 0 spiro atoms. The van der Waals surface area contributed by atoms with Crippen LogP contribution in [0, 0.1) is 0 Å². The molecule has 0 aliphatic carbocycles. The van der Waals surface area contributed by atoms with Gasteiger partial charge in [0.25, 0.3) is 0 Å². The molecule has 2 amide bonds. The van der Waals surface area contributed by atoms with Crippen LogP contribution >= 0.6 is 0 Å². The van der Waals surface area contributed by atoms with Crippen LogP contribution in [0.15, 0.2) is 29.2 Å². The maximum absolute atomic E-state index is 12.7. The van der Waals surface area contributed by atoms with Crippen LogP contribution in [-0.2, 0) is 19.6 Å². The predicted molar refractivity (Wildman–Crippen MR) is 93.5 cm³/mol. The Labute approximate surface area is 147 Å². The summed E-state index contributed by atoms with van der Waals surface area (Å²) >= 11 is 0. The van der Waals surface area contributed by atoms with Crippen LogP contribution in [0.5, 0.6) is 0 Å². The molecular formula is C17H23N3O4S. The number of nitrogens with zero attached hydrogens (tertiary/aromatic N) is 1. The number of rotatable bonds is 4. The molecule has 2 N–H and O–H groups in total. The fourth-order valence-corrected chi connectivity index (χ4v) is 4.70. The van der Waals surface area contributed by atoms with E-state index in [0.29, 0.717) is 31.6 Å². The molecule has 8 heteroatoms. The average Bonchev–Trinajstić information content (AvgIpc) is 2.85. The van der Waals surface area contributed by atoms with E-state index in [1.165, 1.54) is 12.1 Å². The third kappa shape index (κ3) is 4.19. The summed E-state index contributed by atoms with van der Waals surface area (Å²) in [4.78, 5) is 23.5. The lowest BCUT2D eigenvalue weighted by molar-refractivity contribution is -0.122. The minimum atomic E-state index is -3.49. The van der Waals surface area contributed by atoms with Gasteiger partial charge in [-0.25, -0.2) is 8.42 Å². The number of benzene rings is 1. The highest BCUT2D eigenvalue weighted by Gasteiger charge is 2.28. The number of hydrogen-bond donors (Lipinski definition) is 2. The van der Waals surface area contributed by atoms with Gasteiger partial charge < -0.3 is 10.6 Å². The standard InChI is InChI=1S/C17H23N3O4S/c21-16-10-9-15(19-16)17(22)18-13-5-7-14(8-6-13)25(23,24)20-11-3-1-2-4-12-20/h5-8,15H,1-4,9-12H2,(H,18,22)(H,19,21)/t15-/m1/s1. The van der Waals surface area contributed by atoms with Gasteiger partial charge in [0.15, 0.2) is 0 Å². The van der Waals surface area contributed by atoms with E-state index in [1.807, 2.05) is 0 Å². The van der Waals surface area contributed by atoms with Gasteiger partial charge in [-0.15, -0.1) is 0 Å². The number of carbonyl (C=O) groups excluding carboxylic acids is 2. The Morgan fingerprint density at radius 3 is 2.28 bits per heavy atom. The first-order chi connectivity index (χ1) is 12.0. The summed E-state index contributed by atoms with van der Waals surface area (Å²) in [5, 5.41) is 5.32. The fraction of sp³-hybridized carbons (Fsp3) is 0.529. The van der Waals surface area contributed by atoms with E-state index in [1.54, 1.807) is 16.4 Å². The van der Waals surface area contributed by atoms with Gasteiger partial charge in [0.05, 0.1) is 4.90 Å². The van der Waals surface area contributed by atoms with Crippen LogP contribution in [-0.4, -0.2) is 43.7 Å². The molecule has 1 atom stereocenters. The van der Waals surface area contributed by atoms with Crippen molar-refractivity contribution in [1.82, 2.24) is 9.62 Å². The van der Waals surface area contributed by atoms with Gasteiger partial charge in [-0.2, -0.15) is 4.31 Å². The van der Waals surface area contributed by atoms with Gasteiger partial charge in [-0.05, 0) is 43.5 Å². The summed E-state index contributed by atoms with van der Waals surface area (Å²) in [7, 11) is -3.49. The van der Waals surface area contributed by atoms with Crippen molar-refractivity contribution in [3.63, 3.8) is 0 Å². The molecule has 1 aromatic carbocycles. The number of amides is 2. The van der Waals surface area contributed by atoms with Crippen LogP contribution in [0.25, 0.3) is 0 Å². The average molecular weight is 365 g/mol. The van der Waals surface area contributed by atoms with Crippen molar-refractivity contribution in [1.29, 1.82) is 0 Å². The van der Waals surface area contributed by atoms with Gasteiger partial charge in [-0.1, -0.05) is 12.8 Å². The lowest BCUT2D eigenvalue weighted by atomic mass is 10.2. The Bertz CT molecular complexity index is 738. The molecule has 0 bridgehead atoms. The Hall–Kier alpha value is -1.93. The first-order valence-electron chi connectivity index (χ1n) is 8.67. The Balaban J connectivity index is 1.67. The van der Waals surface area contributed by atoms with Crippen molar-refractivity contribution in [3.8, 4) is 0 Å². The molecular weight excluding hydrogens is 342 g/mol. The van der Waals surface area contributed by atoms with Crippen LogP contribution in [0.4, 0.5) is 5.69 Å². The molecule has 3 rings (SSSR count). The van der Waals surface area contributed by atoms with Gasteiger partial charge in [0.2, 0.25) is 21.8 Å². The number of nitrogens with one attached hydrogen (secondary N) is 2. The van der Waals surface area contributed by atoms with Gasteiger partial charge in [0, 0.05) is 25.2 Å². The maximum atomic E-state index is 12.7. The molecule has 2 fully saturated rings. The SMILES string of the molecule is O=C1CC[C@H](C(=O)Nc2ccc(S(=O)(=O)N3CCCCCC3)cc2)N1. The summed E-state index contributed by atoms with van der Waals surface area (Å²) in [6, 6.07) is 5.68. The molecule has 0 saturated carbocycles. The van der Waals surface area contributed by atoms with Crippen molar-refractivity contribution in [2.24, 2.45) is 0 Å². The molecule has 7 nitrogen and oxygen atoms in total. The maximum Gasteiger partial charge on any atom is 0.246 e. The molecule has 0 aromatic heterocycles. The van der Waals surface area contributed by atoms with E-state index >= 15 is 0 Å². The van der Waals surface area contributed by atoms with Crippen molar-refractivity contribution < 1.29 is 18.0 Å². The summed E-state index contributed by atoms with van der Waals surface area (Å²) in [5.41, 5.74) is 0.515. The minimum absolute atomic E-state index is 0.126. The Kier molecular flexibility index (Phi) is 5.39. The first kappa shape index (κ1) is 17.9. The first-order valence-corrected chi connectivity index (χ1v) is 10.1. The second-order valence-electron chi connectivity index (χ2n) is 6.49. The van der Waals surface area contributed by atoms with Crippen molar-refractivity contribution in [2.45, 2.75) is 49.5 Å². The lowest BCUT2D eigenvalue weighted by Gasteiger charge is -2.20. The quantitative estimate of drug-likeness (QED) is 0.844. The fourth-order valence-electron chi connectivity index (χ4n) is 3.18. The summed E-state index contributed by atoms with van der Waals surface area (Å²) in [5.74, 6) is -0.409. The second kappa shape index (κ2) is 7.53. The number of carbonyl (C=O) groups is 2. The Morgan fingerprint density at radius 2 is 1.72 bits per heavy atom. The second-order valence-corrected chi connectivity index (χ2v) is 8.43. The van der Waals surface area contributed by atoms with Crippen LogP contribution in [0.2, 0.25) is 0 Å². The summed E-state index contributed by atoms with van der Waals surface area (Å²) in [6.45, 7) is 1.12. The molecule has 2 aliphatic heterocycles. The van der Waals surface area contributed by atoms with Crippen LogP contribution in [0.3, 0.4) is 0 Å². The molecule has 2 heterocycles. The zero-order valence-electron chi connectivity index (χ0n) is 14.0. The van der Waals surface area contributed by atoms with Gasteiger partial charge >= 0.3 is 0 Å². The van der Waals surface area contributed by atoms with Crippen molar-refractivity contribution in [2.75, 3.05) is 18.4 Å². The van der Waals surface area contributed by atoms with E-state index in [4.69, 9.17) is 0 Å². The molecule has 2 aliphatic rings. The number of hydrogen-bond acceptors (Lipinski definition) is 4. The molecule has 136 valence electrons. The van der Waals surface area contributed by atoms with E-state index in [-0.39, 0.29) is 16.7 Å². The Morgan fingerprint density at radius 1 is 1.08 bits per heavy atom. The van der Waals surface area contributed by atoms with Crippen molar-refractivity contribution in [3.05, 3.63) is 24.3 Å². The largest absolute Gasteiger partial charge is 0.344 e. The topological polar surface area (TPSA) is 95.6 Å². The number of anilines is 1. The molecule has 25 heavy (non-hydrogen) atoms. The molecule has 0 radical (unpaired) electrons. The third-order valence-corrected chi connectivity index (χ3v) is 6.55. The molecule has 1 aromatic rings. The normalized spacial score (nSPS) is 22.2. The summed E-state index contributed by atoms with van der Waals surface area (Å²) in [6.07, 6.45) is 4.74. The van der Waals surface area contributed by atoms with Gasteiger partial charge in [0.1, 0.15) is 6.04 Å². The summed E-state index contributed by atoms with van der Waals surface area (Å²) < 4.78 is 27.0. The highest BCUT2D eigenvalue weighted by molar-refractivity contribution is 7.89. The van der Waals surface area contributed by atoms with Crippen LogP contribution < -0.4 is 10.6 Å². The minimum Gasteiger partial charge on any atom is -0.344 e. The van der Waals surface area contributed by atoms with E-state index < -0.39 is 16.1 Å². The van der Waals surface area contributed by atoms with Gasteiger partial charge in [-0.3, -0.25) is 9.59 Å². The van der Waals surface area contributed by atoms with E-state index in [0.717, 1.165) is 25.7 Å². The smallest absolute Gasteiger partial charge is 0.246 e. The predicted octanol–water partition coefficient (Wildman–Crippen LogP) is 1.47. The molecule has 0 unspecified atom stereocenters. The van der Waals surface area contributed by atoms with E-state index in [9.17, 15) is 18.0 Å². The lowest BCUT2D eigenvalue weighted by Crippen LogP contribution is -2.37. The highest BCUT2D eigenvalue weighted by Crippen LogP contribution is 2.22. The molecule has 2 saturated heterocycles. The van der Waals surface area contributed by atoms with Crippen molar-refractivity contribution >= 4 is 27.5 Å². The monoisotopic (exact) mass is 365 g/mol. The zero-order chi connectivity index (χ0) is 17.9. The van der Waals surface area contributed by atoms with E-state index in [2.05, 4.69) is 10.6 Å². The zero-order valence-corrected chi connectivity index (χ0v) is 14.8. The highest BCUT2D eigenvalue weighted by atomic mass is 32.2. The number of sulfonamides is 1. The van der Waals surface area contributed by atoms with Crippen LogP contribution in [0.1, 0.15) is 38.5 Å². The third-order valence-electron chi connectivity index (χ3n) is 4.64.